The Morgan fingerprint density at radius 1 is 1.16 bits per heavy atom. The fraction of sp³-hybridized carbons (Fsp3) is 0.174. The molecule has 0 fully saturated rings. The first-order chi connectivity index (χ1) is 15.0. The van der Waals surface area contributed by atoms with Gasteiger partial charge in [0.05, 0.1) is 11.4 Å². The summed E-state index contributed by atoms with van der Waals surface area (Å²) in [6.07, 6.45) is 5.69. The molecule has 4 rings (SSSR count). The van der Waals surface area contributed by atoms with E-state index >= 15 is 0 Å². The van der Waals surface area contributed by atoms with Crippen LogP contribution in [-0.2, 0) is 9.53 Å². The highest BCUT2D eigenvalue weighted by Gasteiger charge is 2.19. The summed E-state index contributed by atoms with van der Waals surface area (Å²) in [6, 6.07) is 13.4. The minimum Gasteiger partial charge on any atom is -0.449 e. The summed E-state index contributed by atoms with van der Waals surface area (Å²) in [5.74, 6) is 0.0888. The molecule has 0 spiro atoms. The zero-order chi connectivity index (χ0) is 21.8. The molecular formula is C23H21N5O3. The number of ether oxygens (including phenoxy) is 1. The third-order valence-electron chi connectivity index (χ3n) is 4.74. The zero-order valence-corrected chi connectivity index (χ0v) is 17.4. The molecule has 156 valence electrons. The first-order valence-electron chi connectivity index (χ1n) is 9.77. The number of carbonyl (C=O) groups excluding carboxylic acids is 1. The fourth-order valence-electron chi connectivity index (χ4n) is 3.14. The smallest absolute Gasteiger partial charge is 0.331 e. The molecule has 4 aromatic rings. The Hall–Kier alpha value is -4.07. The van der Waals surface area contributed by atoms with E-state index in [9.17, 15) is 4.79 Å². The van der Waals surface area contributed by atoms with Gasteiger partial charge in [-0.15, -0.1) is 0 Å². The Bertz CT molecular complexity index is 1210. The molecule has 8 heteroatoms. The van der Waals surface area contributed by atoms with Crippen molar-refractivity contribution in [2.75, 3.05) is 0 Å². The Labute approximate surface area is 179 Å². The van der Waals surface area contributed by atoms with Gasteiger partial charge in [0.1, 0.15) is 0 Å². The van der Waals surface area contributed by atoms with Gasteiger partial charge in [-0.2, -0.15) is 10.1 Å². The largest absolute Gasteiger partial charge is 0.449 e. The van der Waals surface area contributed by atoms with Gasteiger partial charge < -0.3 is 9.26 Å². The van der Waals surface area contributed by atoms with Gasteiger partial charge in [-0.3, -0.25) is 4.98 Å². The van der Waals surface area contributed by atoms with Crippen molar-refractivity contribution in [1.82, 2.24) is 24.9 Å². The average molecular weight is 415 g/mol. The van der Waals surface area contributed by atoms with Crippen LogP contribution in [0.15, 0.2) is 65.5 Å². The van der Waals surface area contributed by atoms with E-state index in [0.29, 0.717) is 5.82 Å². The fourth-order valence-corrected chi connectivity index (χ4v) is 3.14. The molecule has 3 aromatic heterocycles. The van der Waals surface area contributed by atoms with Crippen LogP contribution in [0.5, 0.6) is 0 Å². The van der Waals surface area contributed by atoms with Gasteiger partial charge in [0, 0.05) is 35.3 Å². The average Bonchev–Trinajstić information content (AvgIpc) is 3.39. The third-order valence-corrected chi connectivity index (χ3v) is 4.74. The van der Waals surface area contributed by atoms with Gasteiger partial charge in [0.2, 0.25) is 5.82 Å². The number of para-hydroxylation sites is 1. The summed E-state index contributed by atoms with van der Waals surface area (Å²) >= 11 is 0. The van der Waals surface area contributed by atoms with Gasteiger partial charge in [0.15, 0.2) is 6.10 Å². The number of nitrogens with zero attached hydrogens (tertiary/aromatic N) is 5. The molecule has 8 nitrogen and oxygen atoms in total. The van der Waals surface area contributed by atoms with Crippen molar-refractivity contribution in [3.05, 3.63) is 83.8 Å². The third kappa shape index (κ3) is 4.42. The Morgan fingerprint density at radius 3 is 2.71 bits per heavy atom. The van der Waals surface area contributed by atoms with Crippen molar-refractivity contribution < 1.29 is 14.1 Å². The molecule has 0 aliphatic carbocycles. The topological polar surface area (TPSA) is 95.9 Å². The van der Waals surface area contributed by atoms with E-state index in [2.05, 4.69) is 20.2 Å². The maximum absolute atomic E-state index is 12.3. The number of aryl methyl sites for hydroxylation is 1. The lowest BCUT2D eigenvalue weighted by atomic mass is 10.2. The molecule has 1 atom stereocenters. The second kappa shape index (κ2) is 8.74. The normalized spacial score (nSPS) is 12.2. The van der Waals surface area contributed by atoms with Crippen LogP contribution in [-0.4, -0.2) is 30.9 Å². The van der Waals surface area contributed by atoms with Crippen LogP contribution in [0.2, 0.25) is 0 Å². The van der Waals surface area contributed by atoms with Crippen molar-refractivity contribution >= 4 is 12.0 Å². The number of pyridine rings is 1. The minimum atomic E-state index is -0.690. The predicted molar refractivity (Wildman–Crippen MR) is 114 cm³/mol. The molecule has 0 radical (unpaired) electrons. The van der Waals surface area contributed by atoms with Crippen LogP contribution in [0.1, 0.15) is 35.9 Å². The van der Waals surface area contributed by atoms with Crippen molar-refractivity contribution in [3.63, 3.8) is 0 Å². The van der Waals surface area contributed by atoms with Gasteiger partial charge >= 0.3 is 5.97 Å². The van der Waals surface area contributed by atoms with Crippen LogP contribution in [0, 0.1) is 13.8 Å². The maximum Gasteiger partial charge on any atom is 0.331 e. The van der Waals surface area contributed by atoms with Crippen LogP contribution in [0.25, 0.3) is 23.2 Å². The van der Waals surface area contributed by atoms with Crippen LogP contribution < -0.4 is 0 Å². The molecule has 0 saturated carbocycles. The lowest BCUT2D eigenvalue weighted by Crippen LogP contribution is -2.06. The lowest BCUT2D eigenvalue weighted by molar-refractivity contribution is -0.143. The van der Waals surface area contributed by atoms with E-state index in [0.717, 1.165) is 28.2 Å². The van der Waals surface area contributed by atoms with Gasteiger partial charge in [-0.05, 0) is 51.1 Å². The second-order valence-electron chi connectivity index (χ2n) is 6.94. The highest BCUT2D eigenvalue weighted by atomic mass is 16.6. The molecule has 0 saturated heterocycles. The molecule has 0 aliphatic rings. The number of carbonyl (C=O) groups is 1. The van der Waals surface area contributed by atoms with Crippen LogP contribution in [0.4, 0.5) is 0 Å². The van der Waals surface area contributed by atoms with Crippen molar-refractivity contribution in [2.45, 2.75) is 26.9 Å². The monoisotopic (exact) mass is 415 g/mol. The lowest BCUT2D eigenvalue weighted by Gasteiger charge is -2.06. The number of aromatic nitrogens is 5. The standard InChI is InChI=1S/C23H21N5O3/c1-15-20(16(2)28(26-15)19-9-5-4-6-10-19)11-12-21(29)30-17(3)23-25-22(27-31-23)18-8-7-13-24-14-18/h4-14,17H,1-3H3/b12-11+. The molecule has 0 aliphatic heterocycles. The SMILES string of the molecule is Cc1nn(-c2ccccc2)c(C)c1/C=C/C(=O)OC(C)c1nc(-c2cccnc2)no1. The molecule has 3 heterocycles. The van der Waals surface area contributed by atoms with Gasteiger partial charge in [-0.1, -0.05) is 23.4 Å². The summed E-state index contributed by atoms with van der Waals surface area (Å²) in [6.45, 7) is 5.54. The van der Waals surface area contributed by atoms with E-state index < -0.39 is 12.1 Å². The van der Waals surface area contributed by atoms with Gasteiger partial charge in [0.25, 0.3) is 5.89 Å². The summed E-state index contributed by atoms with van der Waals surface area (Å²) in [5.41, 5.74) is 4.29. The van der Waals surface area contributed by atoms with Crippen molar-refractivity contribution in [2.24, 2.45) is 0 Å². The number of hydrogen-bond acceptors (Lipinski definition) is 7. The Balaban J connectivity index is 1.45. The zero-order valence-electron chi connectivity index (χ0n) is 17.4. The Kier molecular flexibility index (Phi) is 5.70. The Morgan fingerprint density at radius 2 is 1.97 bits per heavy atom. The van der Waals surface area contributed by atoms with E-state index in [1.54, 1.807) is 31.5 Å². The van der Waals surface area contributed by atoms with E-state index in [1.165, 1.54) is 6.08 Å². The first-order valence-corrected chi connectivity index (χ1v) is 9.77. The highest BCUT2D eigenvalue weighted by Crippen LogP contribution is 2.21. The molecule has 0 amide bonds. The minimum absolute atomic E-state index is 0.213. The van der Waals surface area contributed by atoms with Gasteiger partial charge in [-0.25, -0.2) is 9.48 Å². The van der Waals surface area contributed by atoms with Crippen molar-refractivity contribution in [1.29, 1.82) is 0 Å². The number of esters is 1. The molecule has 0 bridgehead atoms. The molecule has 31 heavy (non-hydrogen) atoms. The van der Waals surface area contributed by atoms with E-state index in [4.69, 9.17) is 9.26 Å². The quantitative estimate of drug-likeness (QED) is 0.343. The first kappa shape index (κ1) is 20.2. The molecule has 1 unspecified atom stereocenters. The highest BCUT2D eigenvalue weighted by molar-refractivity contribution is 5.87. The van der Waals surface area contributed by atoms with E-state index in [-0.39, 0.29) is 5.89 Å². The summed E-state index contributed by atoms with van der Waals surface area (Å²) in [4.78, 5) is 20.7. The van der Waals surface area contributed by atoms with Crippen molar-refractivity contribution in [3.8, 4) is 17.1 Å². The van der Waals surface area contributed by atoms with Crippen LogP contribution >= 0.6 is 0 Å². The summed E-state index contributed by atoms with van der Waals surface area (Å²) in [5, 5.41) is 8.49. The van der Waals surface area contributed by atoms with Crippen LogP contribution in [0.3, 0.4) is 0 Å². The molecular weight excluding hydrogens is 394 g/mol. The maximum atomic E-state index is 12.3. The summed E-state index contributed by atoms with van der Waals surface area (Å²) < 4.78 is 12.5. The summed E-state index contributed by atoms with van der Waals surface area (Å²) in [7, 11) is 0. The number of benzene rings is 1. The predicted octanol–water partition coefficient (Wildman–Crippen LogP) is 4.25. The number of rotatable bonds is 6. The van der Waals surface area contributed by atoms with E-state index in [1.807, 2.05) is 54.9 Å². The second-order valence-corrected chi connectivity index (χ2v) is 6.94. The number of hydrogen-bond donors (Lipinski definition) is 0. The molecule has 1 aromatic carbocycles. The molecule has 0 N–H and O–H groups in total.